The number of piperidine rings is 1. The fourth-order valence-electron chi connectivity index (χ4n) is 1.85. The van der Waals surface area contributed by atoms with Crippen LogP contribution in [0.15, 0.2) is 0 Å². The summed E-state index contributed by atoms with van der Waals surface area (Å²) in [6.45, 7) is 4.68. The van der Waals surface area contributed by atoms with Gasteiger partial charge in [-0.25, -0.2) is 0 Å². The molecule has 0 spiro atoms. The lowest BCUT2D eigenvalue weighted by Gasteiger charge is -2.31. The average Bonchev–Trinajstić information content (AvgIpc) is 2.15. The molecule has 1 unspecified atom stereocenters. The van der Waals surface area contributed by atoms with Crippen LogP contribution in [-0.4, -0.2) is 24.2 Å². The van der Waals surface area contributed by atoms with Crippen LogP contribution in [0.5, 0.6) is 0 Å². The SMILES string of the molecule is CCCCC(N)N1CCCCC1. The van der Waals surface area contributed by atoms with Crippen LogP contribution in [0.4, 0.5) is 0 Å². The Kier molecular flexibility index (Phi) is 4.62. The van der Waals surface area contributed by atoms with Crippen molar-refractivity contribution < 1.29 is 0 Å². The van der Waals surface area contributed by atoms with Gasteiger partial charge in [0.1, 0.15) is 0 Å². The average molecular weight is 170 g/mol. The van der Waals surface area contributed by atoms with Gasteiger partial charge >= 0.3 is 0 Å². The highest BCUT2D eigenvalue weighted by atomic mass is 15.2. The normalized spacial score (nSPS) is 22.5. The Labute approximate surface area is 76.1 Å². The van der Waals surface area contributed by atoms with Crippen molar-refractivity contribution in [3.63, 3.8) is 0 Å². The summed E-state index contributed by atoms with van der Waals surface area (Å²) in [4.78, 5) is 2.44. The Hall–Kier alpha value is -0.0800. The van der Waals surface area contributed by atoms with Crippen LogP contribution in [0.2, 0.25) is 0 Å². The molecule has 1 atom stereocenters. The van der Waals surface area contributed by atoms with E-state index in [1.807, 2.05) is 0 Å². The summed E-state index contributed by atoms with van der Waals surface area (Å²) in [5, 5.41) is 0. The fourth-order valence-corrected chi connectivity index (χ4v) is 1.85. The first-order chi connectivity index (χ1) is 5.84. The van der Waals surface area contributed by atoms with E-state index >= 15 is 0 Å². The van der Waals surface area contributed by atoms with Gasteiger partial charge in [-0.3, -0.25) is 4.90 Å². The van der Waals surface area contributed by atoms with Gasteiger partial charge in [0.05, 0.1) is 6.17 Å². The van der Waals surface area contributed by atoms with Crippen molar-refractivity contribution in [1.29, 1.82) is 0 Å². The zero-order chi connectivity index (χ0) is 8.81. The summed E-state index contributed by atoms with van der Waals surface area (Å²) in [6.07, 6.45) is 8.15. The molecule has 1 saturated heterocycles. The molecule has 1 rings (SSSR count). The molecule has 0 aromatic rings. The van der Waals surface area contributed by atoms with Crippen LogP contribution in [0.3, 0.4) is 0 Å². The van der Waals surface area contributed by atoms with Crippen molar-refractivity contribution in [3.05, 3.63) is 0 Å². The van der Waals surface area contributed by atoms with Crippen molar-refractivity contribution in [2.45, 2.75) is 51.6 Å². The third-order valence-corrected chi connectivity index (χ3v) is 2.71. The molecule has 2 heteroatoms. The lowest BCUT2D eigenvalue weighted by molar-refractivity contribution is 0.156. The summed E-state index contributed by atoms with van der Waals surface area (Å²) in [5.74, 6) is 0. The van der Waals surface area contributed by atoms with Crippen LogP contribution >= 0.6 is 0 Å². The summed E-state index contributed by atoms with van der Waals surface area (Å²) in [7, 11) is 0. The van der Waals surface area contributed by atoms with E-state index in [1.165, 1.54) is 51.6 Å². The van der Waals surface area contributed by atoms with Gasteiger partial charge in [-0.15, -0.1) is 0 Å². The maximum absolute atomic E-state index is 6.06. The highest BCUT2D eigenvalue weighted by Gasteiger charge is 2.15. The van der Waals surface area contributed by atoms with Crippen LogP contribution in [-0.2, 0) is 0 Å². The molecule has 1 fully saturated rings. The lowest BCUT2D eigenvalue weighted by Crippen LogP contribution is -2.44. The predicted octanol–water partition coefficient (Wildman–Crippen LogP) is 1.95. The van der Waals surface area contributed by atoms with Gasteiger partial charge in [0, 0.05) is 0 Å². The van der Waals surface area contributed by atoms with Gasteiger partial charge in [0.2, 0.25) is 0 Å². The monoisotopic (exact) mass is 170 g/mol. The van der Waals surface area contributed by atoms with Gasteiger partial charge in [-0.2, -0.15) is 0 Å². The van der Waals surface area contributed by atoms with Crippen LogP contribution in [0, 0.1) is 0 Å². The molecule has 1 aliphatic heterocycles. The standard InChI is InChI=1S/C10H22N2/c1-2-3-7-10(11)12-8-5-4-6-9-12/h10H,2-9,11H2,1H3. The molecule has 0 amide bonds. The van der Waals surface area contributed by atoms with Gasteiger partial charge in [0.25, 0.3) is 0 Å². The largest absolute Gasteiger partial charge is 0.316 e. The molecule has 0 aliphatic carbocycles. The van der Waals surface area contributed by atoms with Gasteiger partial charge in [0.15, 0.2) is 0 Å². The Bertz CT molecular complexity index is 108. The third-order valence-electron chi connectivity index (χ3n) is 2.71. The lowest BCUT2D eigenvalue weighted by atomic mass is 10.1. The minimum atomic E-state index is 0.338. The Morgan fingerprint density at radius 2 is 1.92 bits per heavy atom. The van der Waals surface area contributed by atoms with Gasteiger partial charge < -0.3 is 5.73 Å². The maximum Gasteiger partial charge on any atom is 0.0571 e. The van der Waals surface area contributed by atoms with Crippen molar-refractivity contribution in [2.24, 2.45) is 5.73 Å². The second kappa shape index (κ2) is 5.55. The van der Waals surface area contributed by atoms with Gasteiger partial charge in [-0.1, -0.05) is 26.2 Å². The summed E-state index contributed by atoms with van der Waals surface area (Å²) in [6, 6.07) is 0. The maximum atomic E-state index is 6.06. The van der Waals surface area contributed by atoms with Crippen LogP contribution in [0.1, 0.15) is 45.4 Å². The molecule has 0 aromatic heterocycles. The highest BCUT2D eigenvalue weighted by molar-refractivity contribution is 4.69. The van der Waals surface area contributed by atoms with E-state index in [0.29, 0.717) is 6.17 Å². The number of rotatable bonds is 4. The van der Waals surface area contributed by atoms with E-state index < -0.39 is 0 Å². The zero-order valence-electron chi connectivity index (χ0n) is 8.26. The first kappa shape index (κ1) is 10.0. The Balaban J connectivity index is 2.15. The Morgan fingerprint density at radius 3 is 2.50 bits per heavy atom. The number of likely N-dealkylation sites (tertiary alicyclic amines) is 1. The predicted molar refractivity (Wildman–Crippen MR) is 52.9 cm³/mol. The molecule has 0 aromatic carbocycles. The Morgan fingerprint density at radius 1 is 1.25 bits per heavy atom. The van der Waals surface area contributed by atoms with Crippen molar-refractivity contribution in [2.75, 3.05) is 13.1 Å². The minimum Gasteiger partial charge on any atom is -0.316 e. The quantitative estimate of drug-likeness (QED) is 0.698. The van der Waals surface area contributed by atoms with Crippen molar-refractivity contribution in [1.82, 2.24) is 4.90 Å². The number of unbranched alkanes of at least 4 members (excludes halogenated alkanes) is 1. The summed E-state index contributed by atoms with van der Waals surface area (Å²) >= 11 is 0. The van der Waals surface area contributed by atoms with E-state index in [1.54, 1.807) is 0 Å². The number of hydrogen-bond acceptors (Lipinski definition) is 2. The van der Waals surface area contributed by atoms with E-state index in [0.717, 1.165) is 0 Å². The molecule has 0 radical (unpaired) electrons. The smallest absolute Gasteiger partial charge is 0.0571 e. The van der Waals surface area contributed by atoms with E-state index in [2.05, 4.69) is 11.8 Å². The molecule has 1 heterocycles. The van der Waals surface area contributed by atoms with E-state index in [-0.39, 0.29) is 0 Å². The molecule has 0 bridgehead atoms. The molecule has 2 N–H and O–H groups in total. The topological polar surface area (TPSA) is 29.3 Å². The number of hydrogen-bond donors (Lipinski definition) is 1. The van der Waals surface area contributed by atoms with E-state index in [4.69, 9.17) is 5.73 Å². The highest BCUT2D eigenvalue weighted by Crippen LogP contribution is 2.12. The number of nitrogens with two attached hydrogens (primary N) is 1. The van der Waals surface area contributed by atoms with E-state index in [9.17, 15) is 0 Å². The molecule has 0 saturated carbocycles. The summed E-state index contributed by atoms with van der Waals surface area (Å²) in [5.41, 5.74) is 6.06. The zero-order valence-corrected chi connectivity index (χ0v) is 8.26. The van der Waals surface area contributed by atoms with Crippen LogP contribution in [0.25, 0.3) is 0 Å². The van der Waals surface area contributed by atoms with Crippen LogP contribution < -0.4 is 5.73 Å². The van der Waals surface area contributed by atoms with Gasteiger partial charge in [-0.05, 0) is 32.4 Å². The summed E-state index contributed by atoms with van der Waals surface area (Å²) < 4.78 is 0. The second-order valence-corrected chi connectivity index (χ2v) is 3.81. The molecular formula is C10H22N2. The molecule has 1 aliphatic rings. The first-order valence-electron chi connectivity index (χ1n) is 5.34. The van der Waals surface area contributed by atoms with Crippen molar-refractivity contribution >= 4 is 0 Å². The molecular weight excluding hydrogens is 148 g/mol. The number of nitrogens with zero attached hydrogens (tertiary/aromatic N) is 1. The minimum absolute atomic E-state index is 0.338. The molecule has 72 valence electrons. The third kappa shape index (κ3) is 3.11. The first-order valence-corrected chi connectivity index (χ1v) is 5.34. The molecule has 2 nitrogen and oxygen atoms in total. The van der Waals surface area contributed by atoms with Crippen molar-refractivity contribution in [3.8, 4) is 0 Å². The molecule has 12 heavy (non-hydrogen) atoms. The fraction of sp³-hybridized carbons (Fsp3) is 1.00. The second-order valence-electron chi connectivity index (χ2n) is 3.81.